The van der Waals surface area contributed by atoms with Gasteiger partial charge < -0.3 is 24.5 Å². The fraction of sp³-hybridized carbons (Fsp3) is 0.400. The molecular formula is C5H9N3SWY-2. The Morgan fingerprint density at radius 3 is 2.36 bits per heavy atom. The quantitative estimate of drug-likeness (QED) is 0.455. The summed E-state index contributed by atoms with van der Waals surface area (Å²) in [7, 11) is 0. The van der Waals surface area contributed by atoms with Gasteiger partial charge in [0, 0.05) is 60.3 Å². The minimum Gasteiger partial charge on any atom is -0.395 e. The second-order valence-electron chi connectivity index (χ2n) is 1.47. The largest absolute Gasteiger partial charge is 0.395 e. The molecule has 0 amide bonds. The summed E-state index contributed by atoms with van der Waals surface area (Å²) in [4.78, 5) is 0. The third-order valence-electron chi connectivity index (χ3n) is 0.881. The van der Waals surface area contributed by atoms with Crippen LogP contribution in [0.3, 0.4) is 0 Å². The third-order valence-corrected chi connectivity index (χ3v) is 1.09. The first-order valence-corrected chi connectivity index (χ1v) is 2.72. The van der Waals surface area contributed by atoms with Crippen LogP contribution in [0, 0.1) is 7.43 Å². The van der Waals surface area contributed by atoms with Crippen LogP contribution in [-0.4, -0.2) is 22.9 Å². The molecule has 1 radical (unpaired) electrons. The van der Waals surface area contributed by atoms with E-state index in [1.165, 1.54) is 0 Å². The van der Waals surface area contributed by atoms with Gasteiger partial charge in [-0.05, 0) is 12.2 Å². The summed E-state index contributed by atoms with van der Waals surface area (Å²) in [5.41, 5.74) is 5.22. The fourth-order valence-corrected chi connectivity index (χ4v) is 0.633. The Kier molecular flexibility index (Phi) is 15.2. The molecule has 0 fully saturated rings. The maximum atomic E-state index is 5.22. The van der Waals surface area contributed by atoms with Gasteiger partial charge in [-0.1, -0.05) is 0 Å². The molecule has 0 aromatic carbocycles. The van der Waals surface area contributed by atoms with E-state index < -0.39 is 0 Å². The number of hydrazone groups is 1. The SMILES string of the molecule is NC(=S)N1CC[C-]=N1.[CH3-].[W].[Y]. The first kappa shape index (κ1) is 18.0. The molecule has 1 aliphatic rings. The zero-order chi connectivity index (χ0) is 5.98. The molecule has 61 valence electrons. The van der Waals surface area contributed by atoms with Crippen molar-refractivity contribution in [2.45, 2.75) is 6.42 Å². The number of nitrogens with two attached hydrogens (primary N) is 1. The van der Waals surface area contributed by atoms with Crippen LogP contribution in [0.25, 0.3) is 0 Å². The van der Waals surface area contributed by atoms with E-state index in [0.717, 1.165) is 13.0 Å². The predicted molar refractivity (Wildman–Crippen MR) is 42.0 cm³/mol. The van der Waals surface area contributed by atoms with Crippen LogP contribution in [0.2, 0.25) is 0 Å². The zero-order valence-corrected chi connectivity index (χ0v) is 12.9. The molecule has 1 aliphatic heterocycles. The summed E-state index contributed by atoms with van der Waals surface area (Å²) in [6, 6.07) is 0. The summed E-state index contributed by atoms with van der Waals surface area (Å²) in [5.74, 6) is 0. The molecule has 2 N–H and O–H groups in total. The van der Waals surface area contributed by atoms with Crippen molar-refractivity contribution in [3.05, 3.63) is 7.43 Å². The van der Waals surface area contributed by atoms with Gasteiger partial charge in [0.05, 0.1) is 0 Å². The van der Waals surface area contributed by atoms with Crippen molar-refractivity contribution in [3.63, 3.8) is 0 Å². The molecule has 0 saturated carbocycles. The molecule has 6 heteroatoms. The molecule has 0 unspecified atom stereocenters. The van der Waals surface area contributed by atoms with E-state index in [9.17, 15) is 0 Å². The van der Waals surface area contributed by atoms with Crippen LogP contribution in [0.4, 0.5) is 0 Å². The zero-order valence-electron chi connectivity index (χ0n) is 6.28. The van der Waals surface area contributed by atoms with Gasteiger partial charge >= 0.3 is 0 Å². The standard InChI is InChI=1S/C4H6N3S.CH3.W.Y/c5-4(8)7-3-1-2-6-7;;;/h1,3H2,(H2,5,8);1H3;;/q2*-1;;. The van der Waals surface area contributed by atoms with Crippen molar-refractivity contribution < 1.29 is 53.8 Å². The summed E-state index contributed by atoms with van der Waals surface area (Å²) in [6.07, 6.45) is 3.57. The number of hydrogen-bond acceptors (Lipinski definition) is 2. The second-order valence-corrected chi connectivity index (χ2v) is 1.89. The van der Waals surface area contributed by atoms with E-state index in [0.29, 0.717) is 5.11 Å². The molecule has 0 aliphatic carbocycles. The summed E-state index contributed by atoms with van der Waals surface area (Å²) in [6.45, 7) is 0.787. The monoisotopic (exact) mass is 416 g/mol. The van der Waals surface area contributed by atoms with E-state index in [-0.39, 0.29) is 61.2 Å². The number of thiocarbonyl (C=S) groups is 1. The number of rotatable bonds is 0. The first-order chi connectivity index (χ1) is 3.80. The normalized spacial score (nSPS) is 12.5. The van der Waals surface area contributed by atoms with Crippen LogP contribution in [0.15, 0.2) is 5.10 Å². The Bertz CT molecular complexity index is 142. The Labute approximate surface area is 112 Å². The Morgan fingerprint density at radius 2 is 2.18 bits per heavy atom. The predicted octanol–water partition coefficient (Wildman–Crippen LogP) is 0.244. The van der Waals surface area contributed by atoms with Gasteiger partial charge in [0.1, 0.15) is 0 Å². The average Bonchev–Trinajstić information content (AvgIpc) is 2.12. The summed E-state index contributed by atoms with van der Waals surface area (Å²) < 4.78 is 0. The van der Waals surface area contributed by atoms with E-state index in [2.05, 4.69) is 23.5 Å². The van der Waals surface area contributed by atoms with E-state index in [4.69, 9.17) is 5.73 Å². The van der Waals surface area contributed by atoms with Gasteiger partial charge in [-0.2, -0.15) is 0 Å². The molecule has 0 bridgehead atoms. The van der Waals surface area contributed by atoms with Gasteiger partial charge in [0.2, 0.25) is 0 Å². The molecule has 0 spiro atoms. The fourth-order valence-electron chi connectivity index (χ4n) is 0.501. The Morgan fingerprint density at radius 1 is 1.64 bits per heavy atom. The molecule has 1 heterocycles. The van der Waals surface area contributed by atoms with E-state index in [1.54, 1.807) is 5.01 Å². The van der Waals surface area contributed by atoms with Crippen molar-refractivity contribution in [2.24, 2.45) is 10.8 Å². The van der Waals surface area contributed by atoms with Crippen molar-refractivity contribution >= 4 is 23.5 Å². The van der Waals surface area contributed by atoms with Gasteiger partial charge in [0.15, 0.2) is 5.11 Å². The van der Waals surface area contributed by atoms with Gasteiger partial charge in [0.25, 0.3) is 0 Å². The number of nitrogens with zero attached hydrogens (tertiary/aromatic N) is 2. The van der Waals surface area contributed by atoms with Crippen LogP contribution >= 0.6 is 12.2 Å². The molecular weight excluding hydrogens is 407 g/mol. The van der Waals surface area contributed by atoms with Crippen molar-refractivity contribution in [1.82, 2.24) is 5.01 Å². The van der Waals surface area contributed by atoms with E-state index >= 15 is 0 Å². The van der Waals surface area contributed by atoms with Crippen LogP contribution in [-0.2, 0) is 53.8 Å². The molecule has 1 rings (SSSR count). The summed E-state index contributed by atoms with van der Waals surface area (Å²) in [5, 5.41) is 5.63. The average molecular weight is 416 g/mol. The molecule has 11 heavy (non-hydrogen) atoms. The van der Waals surface area contributed by atoms with E-state index in [1.807, 2.05) is 0 Å². The number of hydrogen-bond donors (Lipinski definition) is 1. The Hall–Kier alpha value is 1.15. The van der Waals surface area contributed by atoms with Gasteiger partial charge in [-0.15, -0.1) is 6.42 Å². The van der Waals surface area contributed by atoms with Crippen LogP contribution < -0.4 is 5.73 Å². The van der Waals surface area contributed by atoms with Gasteiger partial charge in [-0.25, -0.2) is 0 Å². The van der Waals surface area contributed by atoms with Crippen LogP contribution in [0.5, 0.6) is 0 Å². The Balaban J connectivity index is -0.000000213. The molecule has 0 atom stereocenters. The minimum absolute atomic E-state index is 0. The van der Waals surface area contributed by atoms with Crippen molar-refractivity contribution in [1.29, 1.82) is 0 Å². The molecule has 3 nitrogen and oxygen atoms in total. The minimum atomic E-state index is 0. The molecule has 0 saturated heterocycles. The van der Waals surface area contributed by atoms with Crippen LogP contribution in [0.1, 0.15) is 6.42 Å². The second kappa shape index (κ2) is 9.24. The maximum Gasteiger partial charge on any atom is 0.184 e. The molecule has 0 aromatic heterocycles. The van der Waals surface area contributed by atoms with Gasteiger partial charge in [-0.3, -0.25) is 5.01 Å². The molecule has 0 aromatic rings. The van der Waals surface area contributed by atoms with Crippen molar-refractivity contribution in [3.8, 4) is 0 Å². The summed E-state index contributed by atoms with van der Waals surface area (Å²) >= 11 is 4.63. The first-order valence-electron chi connectivity index (χ1n) is 2.31. The maximum absolute atomic E-state index is 5.22. The van der Waals surface area contributed by atoms with Crippen molar-refractivity contribution in [2.75, 3.05) is 6.54 Å². The topological polar surface area (TPSA) is 41.6 Å². The third kappa shape index (κ3) is 6.33. The smallest absolute Gasteiger partial charge is 0.184 e.